The molecule has 0 N–H and O–H groups in total. The lowest BCUT2D eigenvalue weighted by Crippen LogP contribution is -1.90. The van der Waals surface area contributed by atoms with Crippen LogP contribution in [0, 0.1) is 6.92 Å². The Kier molecular flexibility index (Phi) is 4.35. The lowest BCUT2D eigenvalue weighted by molar-refractivity contribution is 0.676. The van der Waals surface area contributed by atoms with Gasteiger partial charge in [0.2, 0.25) is 0 Å². The third kappa shape index (κ3) is 3.46. The average molecular weight is 163 g/mol. The zero-order valence-electron chi connectivity index (χ0n) is 7.37. The fraction of sp³-hybridized carbons (Fsp3) is 0.500. The van der Waals surface area contributed by atoms with Crippen LogP contribution in [0.25, 0.3) is 0 Å². The molecule has 1 aromatic rings. The molecule has 1 aromatic heterocycles. The minimum Gasteiger partial charge on any atom is -0.261 e. The molecule has 0 atom stereocenters. The second-order valence-electron chi connectivity index (χ2n) is 2.86. The fourth-order valence-electron chi connectivity index (χ4n) is 1.12. The van der Waals surface area contributed by atoms with Crippen LogP contribution in [0.15, 0.2) is 18.6 Å². The number of aryl methyl sites for hydroxylation is 1. The number of hydrogen-bond donors (Lipinski definition) is 0. The molecule has 0 fully saturated rings. The van der Waals surface area contributed by atoms with Crippen molar-refractivity contribution in [2.24, 2.45) is 0 Å². The molecule has 0 aliphatic rings. The van der Waals surface area contributed by atoms with E-state index in [1.807, 2.05) is 6.20 Å². The first-order chi connectivity index (χ1) is 5.93. The standard InChI is InChI=1S/C10H15N2/c1-2-3-4-5-6-10-9-11-7-8-12-10/h7-9H,1-6H2. The van der Waals surface area contributed by atoms with Gasteiger partial charge in [0.1, 0.15) is 0 Å². The summed E-state index contributed by atoms with van der Waals surface area (Å²) in [6.07, 6.45) is 11.1. The molecule has 0 unspecified atom stereocenters. The number of aromatic nitrogens is 2. The topological polar surface area (TPSA) is 25.8 Å². The summed E-state index contributed by atoms with van der Waals surface area (Å²) in [5.41, 5.74) is 1.10. The molecule has 0 aliphatic heterocycles. The molecule has 0 saturated carbocycles. The van der Waals surface area contributed by atoms with Gasteiger partial charge in [0.15, 0.2) is 0 Å². The van der Waals surface area contributed by atoms with Crippen molar-refractivity contribution in [3.8, 4) is 0 Å². The minimum absolute atomic E-state index is 1.04. The van der Waals surface area contributed by atoms with Gasteiger partial charge in [-0.15, -0.1) is 0 Å². The summed E-state index contributed by atoms with van der Waals surface area (Å²) in [4.78, 5) is 8.21. The predicted octanol–water partition coefficient (Wildman–Crippen LogP) is 2.41. The predicted molar refractivity (Wildman–Crippen MR) is 49.6 cm³/mol. The largest absolute Gasteiger partial charge is 0.261 e. The molecule has 12 heavy (non-hydrogen) atoms. The van der Waals surface area contributed by atoms with E-state index in [1.54, 1.807) is 12.4 Å². The summed E-state index contributed by atoms with van der Waals surface area (Å²) < 4.78 is 0. The summed E-state index contributed by atoms with van der Waals surface area (Å²) in [5.74, 6) is 0. The maximum absolute atomic E-state index is 4.20. The van der Waals surface area contributed by atoms with Crippen LogP contribution in [-0.4, -0.2) is 9.97 Å². The van der Waals surface area contributed by atoms with Crippen LogP contribution >= 0.6 is 0 Å². The second kappa shape index (κ2) is 5.70. The third-order valence-electron chi connectivity index (χ3n) is 1.80. The van der Waals surface area contributed by atoms with Gasteiger partial charge < -0.3 is 0 Å². The lowest BCUT2D eigenvalue weighted by Gasteiger charge is -1.98. The monoisotopic (exact) mass is 163 g/mol. The smallest absolute Gasteiger partial charge is 0.0586 e. The average Bonchev–Trinajstić information content (AvgIpc) is 2.14. The van der Waals surface area contributed by atoms with Gasteiger partial charge in [0.05, 0.1) is 5.69 Å². The van der Waals surface area contributed by atoms with Gasteiger partial charge >= 0.3 is 0 Å². The molecule has 2 nitrogen and oxygen atoms in total. The van der Waals surface area contributed by atoms with Crippen molar-refractivity contribution in [1.82, 2.24) is 9.97 Å². The molecule has 65 valence electrons. The Morgan fingerprint density at radius 3 is 2.75 bits per heavy atom. The Balaban J connectivity index is 2.16. The Morgan fingerprint density at radius 1 is 1.17 bits per heavy atom. The normalized spacial score (nSPS) is 10.1. The minimum atomic E-state index is 1.04. The summed E-state index contributed by atoms with van der Waals surface area (Å²) in [7, 11) is 0. The molecule has 0 bridgehead atoms. The van der Waals surface area contributed by atoms with E-state index in [1.165, 1.54) is 19.3 Å². The highest BCUT2D eigenvalue weighted by Crippen LogP contribution is 2.03. The highest BCUT2D eigenvalue weighted by atomic mass is 14.8. The van der Waals surface area contributed by atoms with Crippen LogP contribution in [0.4, 0.5) is 0 Å². The van der Waals surface area contributed by atoms with Gasteiger partial charge in [-0.3, -0.25) is 9.97 Å². The van der Waals surface area contributed by atoms with E-state index < -0.39 is 0 Å². The number of rotatable bonds is 5. The molecule has 0 saturated heterocycles. The van der Waals surface area contributed by atoms with Crippen molar-refractivity contribution in [3.05, 3.63) is 31.2 Å². The van der Waals surface area contributed by atoms with Crippen molar-refractivity contribution < 1.29 is 0 Å². The first-order valence-electron chi connectivity index (χ1n) is 4.47. The van der Waals surface area contributed by atoms with E-state index >= 15 is 0 Å². The maximum Gasteiger partial charge on any atom is 0.0586 e. The third-order valence-corrected chi connectivity index (χ3v) is 1.80. The zero-order valence-corrected chi connectivity index (χ0v) is 7.37. The highest BCUT2D eigenvalue weighted by molar-refractivity contribution is 4.94. The summed E-state index contributed by atoms with van der Waals surface area (Å²) >= 11 is 0. The SMILES string of the molecule is [CH2]CCCCCc1cnccn1. The Morgan fingerprint density at radius 2 is 2.08 bits per heavy atom. The van der Waals surface area contributed by atoms with Gasteiger partial charge in [-0.1, -0.05) is 26.2 Å². The second-order valence-corrected chi connectivity index (χ2v) is 2.86. The zero-order chi connectivity index (χ0) is 8.65. The number of hydrogen-bond acceptors (Lipinski definition) is 2. The first-order valence-corrected chi connectivity index (χ1v) is 4.47. The van der Waals surface area contributed by atoms with Gasteiger partial charge in [0.25, 0.3) is 0 Å². The van der Waals surface area contributed by atoms with E-state index in [9.17, 15) is 0 Å². The van der Waals surface area contributed by atoms with E-state index in [4.69, 9.17) is 0 Å². The summed E-state index contributed by atoms with van der Waals surface area (Å²) in [6.45, 7) is 3.80. The number of unbranched alkanes of at least 4 members (excludes halogenated alkanes) is 3. The Bertz CT molecular complexity index is 196. The molecular weight excluding hydrogens is 148 g/mol. The van der Waals surface area contributed by atoms with Gasteiger partial charge in [0, 0.05) is 18.6 Å². The Labute approximate surface area is 74.1 Å². The Hall–Kier alpha value is -0.920. The van der Waals surface area contributed by atoms with Gasteiger partial charge in [-0.25, -0.2) is 0 Å². The molecule has 1 heterocycles. The first kappa shape index (κ1) is 9.17. The molecule has 0 aliphatic carbocycles. The molecule has 0 aromatic carbocycles. The van der Waals surface area contributed by atoms with E-state index in [-0.39, 0.29) is 0 Å². The van der Waals surface area contributed by atoms with Gasteiger partial charge in [-0.05, 0) is 12.8 Å². The molecular formula is C10H15N2. The molecule has 0 spiro atoms. The van der Waals surface area contributed by atoms with Crippen LogP contribution in [0.2, 0.25) is 0 Å². The highest BCUT2D eigenvalue weighted by Gasteiger charge is 1.92. The van der Waals surface area contributed by atoms with Crippen LogP contribution in [0.3, 0.4) is 0 Å². The van der Waals surface area contributed by atoms with Crippen LogP contribution in [0.5, 0.6) is 0 Å². The van der Waals surface area contributed by atoms with E-state index in [0.717, 1.165) is 18.5 Å². The molecule has 1 rings (SSSR count). The van der Waals surface area contributed by atoms with Crippen LogP contribution in [0.1, 0.15) is 31.4 Å². The van der Waals surface area contributed by atoms with E-state index in [2.05, 4.69) is 16.9 Å². The molecule has 1 radical (unpaired) electrons. The summed E-state index contributed by atoms with van der Waals surface area (Å²) in [5, 5.41) is 0. The number of nitrogens with zero attached hydrogens (tertiary/aromatic N) is 2. The van der Waals surface area contributed by atoms with Crippen LogP contribution < -0.4 is 0 Å². The molecule has 0 amide bonds. The van der Waals surface area contributed by atoms with Crippen LogP contribution in [-0.2, 0) is 6.42 Å². The van der Waals surface area contributed by atoms with Gasteiger partial charge in [-0.2, -0.15) is 0 Å². The van der Waals surface area contributed by atoms with Crippen molar-refractivity contribution >= 4 is 0 Å². The van der Waals surface area contributed by atoms with E-state index in [0.29, 0.717) is 0 Å². The fourth-order valence-corrected chi connectivity index (χ4v) is 1.12. The van der Waals surface area contributed by atoms with Crippen molar-refractivity contribution in [3.63, 3.8) is 0 Å². The quantitative estimate of drug-likeness (QED) is 0.623. The maximum atomic E-state index is 4.20. The van der Waals surface area contributed by atoms with Crippen molar-refractivity contribution in [2.75, 3.05) is 0 Å². The molecule has 2 heteroatoms. The lowest BCUT2D eigenvalue weighted by atomic mass is 10.1. The van der Waals surface area contributed by atoms with Crippen molar-refractivity contribution in [2.45, 2.75) is 32.1 Å². The van der Waals surface area contributed by atoms with Crippen molar-refractivity contribution in [1.29, 1.82) is 0 Å². The summed E-state index contributed by atoms with van der Waals surface area (Å²) in [6, 6.07) is 0.